The van der Waals surface area contributed by atoms with E-state index in [1.165, 1.54) is 18.6 Å². The molecule has 0 atom stereocenters. The molecule has 0 aromatic heterocycles. The molecule has 5 nitrogen and oxygen atoms in total. The monoisotopic (exact) mass is 286 g/mol. The number of oxime groups is 1. The minimum atomic E-state index is -0.270. The van der Waals surface area contributed by atoms with Crippen LogP contribution in [0.4, 0.5) is 4.79 Å². The smallest absolute Gasteiger partial charge is 0.410 e. The molecule has 1 saturated carbocycles. The van der Waals surface area contributed by atoms with Gasteiger partial charge in [0.25, 0.3) is 0 Å². The van der Waals surface area contributed by atoms with E-state index in [1.807, 2.05) is 30.3 Å². The third kappa shape index (κ3) is 2.48. The number of carbonyl (C=O) groups excluding carboxylic acids is 1. The second-order valence-electron chi connectivity index (χ2n) is 6.20. The molecule has 3 aliphatic rings. The van der Waals surface area contributed by atoms with Gasteiger partial charge in [-0.15, -0.1) is 0 Å². The van der Waals surface area contributed by atoms with Crippen molar-refractivity contribution in [1.82, 2.24) is 4.90 Å². The van der Waals surface area contributed by atoms with E-state index in [2.05, 4.69) is 5.16 Å². The Kier molecular flexibility index (Phi) is 2.87. The number of rotatable bonds is 3. The van der Waals surface area contributed by atoms with Crippen molar-refractivity contribution in [2.24, 2.45) is 11.1 Å². The fourth-order valence-corrected chi connectivity index (χ4v) is 2.94. The van der Waals surface area contributed by atoms with Gasteiger partial charge in [-0.25, -0.2) is 4.79 Å². The number of hydrogen-bond acceptors (Lipinski definition) is 4. The minimum absolute atomic E-state index is 0.260. The van der Waals surface area contributed by atoms with Crippen LogP contribution in [0.2, 0.25) is 0 Å². The molecule has 0 N–H and O–H groups in total. The van der Waals surface area contributed by atoms with E-state index in [-0.39, 0.29) is 11.7 Å². The van der Waals surface area contributed by atoms with E-state index < -0.39 is 0 Å². The Morgan fingerprint density at radius 2 is 2.10 bits per heavy atom. The number of carbonyl (C=O) groups is 1. The van der Waals surface area contributed by atoms with E-state index in [1.54, 1.807) is 4.90 Å². The molecule has 2 aliphatic heterocycles. The highest BCUT2D eigenvalue weighted by Crippen LogP contribution is 2.41. The van der Waals surface area contributed by atoms with Crippen LogP contribution in [0.1, 0.15) is 24.8 Å². The molecule has 1 aromatic rings. The fraction of sp³-hybridized carbons (Fsp3) is 0.500. The summed E-state index contributed by atoms with van der Waals surface area (Å²) in [6, 6.07) is 9.71. The summed E-state index contributed by atoms with van der Waals surface area (Å²) in [4.78, 5) is 19.2. The quantitative estimate of drug-likeness (QED) is 0.858. The van der Waals surface area contributed by atoms with Gasteiger partial charge < -0.3 is 9.57 Å². The molecule has 0 unspecified atom stereocenters. The molecule has 1 aromatic carbocycles. The first-order valence-corrected chi connectivity index (χ1v) is 7.45. The largest absolute Gasteiger partial charge is 0.445 e. The van der Waals surface area contributed by atoms with Crippen molar-refractivity contribution in [2.75, 3.05) is 13.1 Å². The summed E-state index contributed by atoms with van der Waals surface area (Å²) >= 11 is 0. The lowest BCUT2D eigenvalue weighted by Gasteiger charge is -2.44. The summed E-state index contributed by atoms with van der Waals surface area (Å²) in [7, 11) is 0. The Labute approximate surface area is 123 Å². The molecule has 1 aliphatic carbocycles. The highest BCUT2D eigenvalue weighted by atomic mass is 16.7. The van der Waals surface area contributed by atoms with Crippen LogP contribution in [0, 0.1) is 5.92 Å². The lowest BCUT2D eigenvalue weighted by Crippen LogP contribution is -2.63. The number of ether oxygens (including phenoxy) is 1. The van der Waals surface area contributed by atoms with Crippen molar-refractivity contribution in [1.29, 1.82) is 0 Å². The summed E-state index contributed by atoms with van der Waals surface area (Å²) in [5.74, 6) is 0.642. The maximum absolute atomic E-state index is 12.0. The minimum Gasteiger partial charge on any atom is -0.445 e. The van der Waals surface area contributed by atoms with E-state index in [0.717, 1.165) is 12.0 Å². The average molecular weight is 286 g/mol. The molecule has 2 heterocycles. The second kappa shape index (κ2) is 4.76. The van der Waals surface area contributed by atoms with Crippen LogP contribution in [0.3, 0.4) is 0 Å². The van der Waals surface area contributed by atoms with E-state index in [9.17, 15) is 4.79 Å². The Morgan fingerprint density at radius 1 is 1.33 bits per heavy atom. The first kappa shape index (κ1) is 12.7. The van der Waals surface area contributed by atoms with Gasteiger partial charge in [0.1, 0.15) is 6.61 Å². The van der Waals surface area contributed by atoms with Gasteiger partial charge >= 0.3 is 6.09 Å². The summed E-state index contributed by atoms with van der Waals surface area (Å²) in [6.07, 6.45) is 3.08. The second-order valence-corrected chi connectivity index (χ2v) is 6.20. The zero-order valence-corrected chi connectivity index (χ0v) is 11.8. The SMILES string of the molecule is O=C(OCc1ccccc1)N1CC2(CC(C3CC3)=NO2)C1. The maximum atomic E-state index is 12.0. The van der Waals surface area contributed by atoms with E-state index >= 15 is 0 Å². The van der Waals surface area contributed by atoms with Crippen molar-refractivity contribution < 1.29 is 14.4 Å². The summed E-state index contributed by atoms with van der Waals surface area (Å²) in [6.45, 7) is 1.48. The first-order valence-electron chi connectivity index (χ1n) is 7.45. The predicted octanol–water partition coefficient (Wildman–Crippen LogP) is 2.56. The molecule has 5 heteroatoms. The molecule has 0 radical (unpaired) electrons. The average Bonchev–Trinajstić information content (AvgIpc) is 3.23. The molecule has 2 fully saturated rings. The predicted molar refractivity (Wildman–Crippen MR) is 76.8 cm³/mol. The van der Waals surface area contributed by atoms with Crippen LogP contribution in [-0.4, -0.2) is 35.4 Å². The number of likely N-dealkylation sites (tertiary alicyclic amines) is 1. The van der Waals surface area contributed by atoms with Crippen molar-refractivity contribution in [3.8, 4) is 0 Å². The van der Waals surface area contributed by atoms with Gasteiger partial charge in [-0.05, 0) is 18.4 Å². The van der Waals surface area contributed by atoms with Crippen molar-refractivity contribution >= 4 is 11.8 Å². The van der Waals surface area contributed by atoms with Crippen molar-refractivity contribution in [2.45, 2.75) is 31.5 Å². The van der Waals surface area contributed by atoms with Gasteiger partial charge in [-0.3, -0.25) is 4.90 Å². The molecule has 1 spiro atoms. The van der Waals surface area contributed by atoms with E-state index in [4.69, 9.17) is 9.57 Å². The summed E-state index contributed by atoms with van der Waals surface area (Å²) < 4.78 is 5.32. The number of benzene rings is 1. The summed E-state index contributed by atoms with van der Waals surface area (Å²) in [5.41, 5.74) is 1.92. The third-order valence-corrected chi connectivity index (χ3v) is 4.33. The van der Waals surface area contributed by atoms with Gasteiger partial charge in [0.05, 0.1) is 18.8 Å². The lowest BCUT2D eigenvalue weighted by atomic mass is 9.88. The number of amides is 1. The Balaban J connectivity index is 1.25. The molecule has 110 valence electrons. The van der Waals surface area contributed by atoms with Crippen LogP contribution in [0.15, 0.2) is 35.5 Å². The van der Waals surface area contributed by atoms with Crippen LogP contribution in [0.5, 0.6) is 0 Å². The lowest BCUT2D eigenvalue weighted by molar-refractivity contribution is -0.117. The van der Waals surface area contributed by atoms with Gasteiger partial charge in [0.2, 0.25) is 0 Å². The molecular formula is C16H18N2O3. The van der Waals surface area contributed by atoms with Gasteiger partial charge in [0.15, 0.2) is 5.60 Å². The summed E-state index contributed by atoms with van der Waals surface area (Å²) in [5, 5.41) is 4.20. The highest BCUT2D eigenvalue weighted by molar-refractivity contribution is 5.90. The zero-order valence-electron chi connectivity index (χ0n) is 11.8. The Hall–Kier alpha value is -2.04. The Bertz CT molecular complexity index is 574. The number of nitrogens with zero attached hydrogens (tertiary/aromatic N) is 2. The van der Waals surface area contributed by atoms with Gasteiger partial charge in [-0.1, -0.05) is 35.5 Å². The van der Waals surface area contributed by atoms with E-state index in [0.29, 0.717) is 25.6 Å². The molecule has 21 heavy (non-hydrogen) atoms. The maximum Gasteiger partial charge on any atom is 0.410 e. The first-order chi connectivity index (χ1) is 10.2. The third-order valence-electron chi connectivity index (χ3n) is 4.33. The molecule has 1 saturated heterocycles. The zero-order chi connectivity index (χ0) is 14.3. The number of hydrogen-bond donors (Lipinski definition) is 0. The van der Waals surface area contributed by atoms with Crippen molar-refractivity contribution in [3.05, 3.63) is 35.9 Å². The van der Waals surface area contributed by atoms with Crippen LogP contribution < -0.4 is 0 Å². The topological polar surface area (TPSA) is 51.1 Å². The molecule has 0 bridgehead atoms. The highest BCUT2D eigenvalue weighted by Gasteiger charge is 2.53. The van der Waals surface area contributed by atoms with Gasteiger partial charge in [0, 0.05) is 12.3 Å². The van der Waals surface area contributed by atoms with Gasteiger partial charge in [-0.2, -0.15) is 0 Å². The van der Waals surface area contributed by atoms with Crippen LogP contribution in [0.25, 0.3) is 0 Å². The molecule has 4 rings (SSSR count). The van der Waals surface area contributed by atoms with Crippen LogP contribution in [-0.2, 0) is 16.2 Å². The molecule has 1 amide bonds. The Morgan fingerprint density at radius 3 is 2.81 bits per heavy atom. The molecular weight excluding hydrogens is 268 g/mol. The van der Waals surface area contributed by atoms with Crippen LogP contribution >= 0.6 is 0 Å². The standard InChI is InChI=1S/C16H18N2O3/c19-15(20-9-12-4-2-1-3-5-12)18-10-16(11-18)8-14(17-21-16)13-6-7-13/h1-5,13H,6-11H2. The fourth-order valence-electron chi connectivity index (χ4n) is 2.94. The normalized spacial score (nSPS) is 22.5. The van der Waals surface area contributed by atoms with Crippen molar-refractivity contribution in [3.63, 3.8) is 0 Å².